The van der Waals surface area contributed by atoms with Crippen molar-refractivity contribution in [1.29, 1.82) is 0 Å². The molecule has 0 saturated heterocycles. The second-order valence-corrected chi connectivity index (χ2v) is 14.9. The molecule has 0 spiro atoms. The van der Waals surface area contributed by atoms with Crippen LogP contribution >= 0.6 is 0 Å². The van der Waals surface area contributed by atoms with Gasteiger partial charge in [-0.25, -0.2) is 19.9 Å². The molecule has 0 atom stereocenters. The molecule has 0 aromatic carbocycles. The molecule has 19 heteroatoms. The molecule has 6 aromatic rings. The quantitative estimate of drug-likeness (QED) is 0.113. The Morgan fingerprint density at radius 3 is 1.43 bits per heavy atom. The lowest BCUT2D eigenvalue weighted by molar-refractivity contribution is -0.116. The normalized spacial score (nSPS) is 11.2. The Hall–Kier alpha value is -7.31. The van der Waals surface area contributed by atoms with Crippen LogP contribution in [0, 0.1) is 0 Å². The zero-order valence-electron chi connectivity index (χ0n) is 34.7. The second kappa shape index (κ2) is 17.3. The van der Waals surface area contributed by atoms with E-state index in [-0.39, 0.29) is 83.7 Å². The molecule has 0 aliphatic carbocycles. The van der Waals surface area contributed by atoms with Gasteiger partial charge in [0.15, 0.2) is 29.1 Å². The fraction of sp³-hybridized carbons (Fsp3) is 0.341. The van der Waals surface area contributed by atoms with Crippen molar-refractivity contribution in [1.82, 2.24) is 47.3 Å². The first-order valence-electron chi connectivity index (χ1n) is 19.0. The second-order valence-electron chi connectivity index (χ2n) is 14.9. The standard InChI is InChI=1S/C41H46N12O7/c1-23(54)9-10-42-36-22-53(8)40(47-36)35(59)16-29-21-52(7)39(45-29)34(58)15-28-20-51(6)38(44-28)33(57)14-27-19-50(5)37(43-27)32(56)12-25-11-31(48(3)17-25)41(60)46-26-13-30(24(2)55)49(4)18-26/h11,13,17-22,42H,9-10,12,14-16H2,1-8H3,(H,46,60). The molecule has 6 heterocycles. The van der Waals surface area contributed by atoms with Gasteiger partial charge in [-0.15, -0.1) is 0 Å². The highest BCUT2D eigenvalue weighted by atomic mass is 16.2. The minimum atomic E-state index is -0.403. The first kappa shape index (κ1) is 42.3. The predicted molar refractivity (Wildman–Crippen MR) is 218 cm³/mol. The Kier molecular flexibility index (Phi) is 12.2. The van der Waals surface area contributed by atoms with Gasteiger partial charge in [0, 0.05) is 106 Å². The summed E-state index contributed by atoms with van der Waals surface area (Å²) in [6, 6.07) is 3.21. The molecule has 0 fully saturated rings. The van der Waals surface area contributed by atoms with Crippen LogP contribution in [-0.2, 0) is 72.8 Å². The molecule has 0 aliphatic heterocycles. The van der Waals surface area contributed by atoms with Crippen molar-refractivity contribution in [2.24, 2.45) is 42.3 Å². The van der Waals surface area contributed by atoms with Crippen molar-refractivity contribution in [2.75, 3.05) is 17.2 Å². The number of anilines is 2. The van der Waals surface area contributed by atoms with Crippen molar-refractivity contribution in [3.05, 3.63) is 107 Å². The number of nitrogens with one attached hydrogen (secondary N) is 2. The van der Waals surface area contributed by atoms with Gasteiger partial charge < -0.3 is 38.0 Å². The van der Waals surface area contributed by atoms with E-state index < -0.39 is 5.91 Å². The average molecular weight is 819 g/mol. The number of Topliss-reactive ketones (excluding diaryl/α,β-unsaturated/α-hetero) is 6. The minimum Gasteiger partial charge on any atom is -0.368 e. The summed E-state index contributed by atoms with van der Waals surface area (Å²) in [7, 11) is 10.1. The molecule has 312 valence electrons. The summed E-state index contributed by atoms with van der Waals surface area (Å²) in [5.74, 6) is -0.787. The fourth-order valence-electron chi connectivity index (χ4n) is 6.92. The predicted octanol–water partition coefficient (Wildman–Crippen LogP) is 2.85. The van der Waals surface area contributed by atoms with E-state index in [1.54, 1.807) is 114 Å². The van der Waals surface area contributed by atoms with E-state index in [2.05, 4.69) is 30.6 Å². The molecule has 0 saturated carbocycles. The Balaban J connectivity index is 1.04. The highest BCUT2D eigenvalue weighted by Crippen LogP contribution is 2.18. The number of aromatic nitrogens is 10. The molecule has 6 aromatic heterocycles. The number of nitrogens with zero attached hydrogens (tertiary/aromatic N) is 10. The third-order valence-electron chi connectivity index (χ3n) is 9.74. The molecule has 0 radical (unpaired) electrons. The summed E-state index contributed by atoms with van der Waals surface area (Å²) in [5.41, 5.74) is 2.92. The number of hydrogen-bond donors (Lipinski definition) is 2. The van der Waals surface area contributed by atoms with Gasteiger partial charge in [-0.2, -0.15) is 0 Å². The lowest BCUT2D eigenvalue weighted by Gasteiger charge is -2.03. The number of amides is 1. The molecule has 0 bridgehead atoms. The molecule has 6 rings (SSSR count). The largest absolute Gasteiger partial charge is 0.368 e. The van der Waals surface area contributed by atoms with E-state index in [1.165, 1.54) is 18.4 Å². The number of carbonyl (C=O) groups is 7. The molecule has 1 amide bonds. The van der Waals surface area contributed by atoms with Crippen LogP contribution in [0.25, 0.3) is 0 Å². The Labute approximate surface area is 344 Å². The zero-order chi connectivity index (χ0) is 43.6. The van der Waals surface area contributed by atoms with Gasteiger partial charge in [0.05, 0.1) is 47.7 Å². The minimum absolute atomic E-state index is 0.0391. The monoisotopic (exact) mass is 818 g/mol. The number of rotatable bonds is 19. The number of carbonyl (C=O) groups excluding carboxylic acids is 7. The third kappa shape index (κ3) is 9.52. The zero-order valence-corrected chi connectivity index (χ0v) is 34.7. The van der Waals surface area contributed by atoms with Gasteiger partial charge in [0.2, 0.25) is 23.1 Å². The molecular formula is C41H46N12O7. The third-order valence-corrected chi connectivity index (χ3v) is 9.74. The highest BCUT2D eigenvalue weighted by Gasteiger charge is 2.24. The van der Waals surface area contributed by atoms with Crippen LogP contribution in [0.1, 0.15) is 106 Å². The molecule has 19 nitrogen and oxygen atoms in total. The molecule has 0 unspecified atom stereocenters. The van der Waals surface area contributed by atoms with Crippen LogP contribution in [0.4, 0.5) is 11.5 Å². The first-order valence-corrected chi connectivity index (χ1v) is 19.0. The summed E-state index contributed by atoms with van der Waals surface area (Å²) in [5, 5.41) is 5.82. The Morgan fingerprint density at radius 1 is 0.517 bits per heavy atom. The average Bonchev–Trinajstić information content (AvgIpc) is 4.01. The maximum atomic E-state index is 13.4. The first-order chi connectivity index (χ1) is 28.4. The van der Waals surface area contributed by atoms with Gasteiger partial charge in [-0.1, -0.05) is 0 Å². The Morgan fingerprint density at radius 2 is 0.967 bits per heavy atom. The van der Waals surface area contributed by atoms with Crippen LogP contribution in [-0.4, -0.2) is 94.5 Å². The van der Waals surface area contributed by atoms with Crippen molar-refractivity contribution in [3.63, 3.8) is 0 Å². The molecule has 60 heavy (non-hydrogen) atoms. The SMILES string of the molecule is CC(=O)CCNc1cn(C)c(C(=O)Cc2cn(C)c(C(=O)Cc3cn(C)c(C(=O)Cc4cn(C)c(C(=O)Cc5cc(C(=O)Nc6cc(C(C)=O)n(C)c6)n(C)c5)n4)n3)n2)n1. The van der Waals surface area contributed by atoms with E-state index in [0.29, 0.717) is 58.5 Å². The molecule has 0 aliphatic rings. The summed E-state index contributed by atoms with van der Waals surface area (Å²) in [6.45, 7) is 3.35. The number of hydrogen-bond acceptors (Lipinski definition) is 12. The van der Waals surface area contributed by atoms with Gasteiger partial charge >= 0.3 is 0 Å². The molecule has 2 N–H and O–H groups in total. The smallest absolute Gasteiger partial charge is 0.272 e. The van der Waals surface area contributed by atoms with E-state index >= 15 is 0 Å². The summed E-state index contributed by atoms with van der Waals surface area (Å²) >= 11 is 0. The number of ketones is 6. The fourth-order valence-corrected chi connectivity index (χ4v) is 6.92. The van der Waals surface area contributed by atoms with Gasteiger partial charge in [0.1, 0.15) is 17.3 Å². The topological polar surface area (TPSA) is 225 Å². The Bertz CT molecular complexity index is 2700. The van der Waals surface area contributed by atoms with E-state index in [4.69, 9.17) is 0 Å². The van der Waals surface area contributed by atoms with Crippen LogP contribution in [0.5, 0.6) is 0 Å². The van der Waals surface area contributed by atoms with Gasteiger partial charge in [-0.05, 0) is 24.6 Å². The van der Waals surface area contributed by atoms with Crippen molar-refractivity contribution in [3.8, 4) is 0 Å². The maximum absolute atomic E-state index is 13.4. The summed E-state index contributed by atoms with van der Waals surface area (Å²) in [4.78, 5) is 107. The van der Waals surface area contributed by atoms with Gasteiger partial charge in [-0.3, -0.25) is 33.6 Å². The highest BCUT2D eigenvalue weighted by molar-refractivity contribution is 6.05. The lowest BCUT2D eigenvalue weighted by atomic mass is 10.1. The summed E-state index contributed by atoms with van der Waals surface area (Å²) < 4.78 is 9.45. The van der Waals surface area contributed by atoms with Gasteiger partial charge in [0.25, 0.3) is 5.91 Å². The van der Waals surface area contributed by atoms with Crippen LogP contribution in [0.3, 0.4) is 0 Å². The van der Waals surface area contributed by atoms with Crippen LogP contribution < -0.4 is 10.6 Å². The molecular weight excluding hydrogens is 773 g/mol. The van der Waals surface area contributed by atoms with E-state index in [1.807, 2.05) is 0 Å². The maximum Gasteiger partial charge on any atom is 0.272 e. The lowest BCUT2D eigenvalue weighted by Crippen LogP contribution is -2.14. The van der Waals surface area contributed by atoms with Crippen molar-refractivity contribution < 1.29 is 33.6 Å². The van der Waals surface area contributed by atoms with Crippen LogP contribution in [0.15, 0.2) is 49.3 Å². The number of aryl methyl sites for hydroxylation is 6. The number of imidazole rings is 4. The van der Waals surface area contributed by atoms with E-state index in [0.717, 1.165) is 0 Å². The van der Waals surface area contributed by atoms with Crippen molar-refractivity contribution >= 4 is 52.1 Å². The van der Waals surface area contributed by atoms with Crippen molar-refractivity contribution in [2.45, 2.75) is 46.0 Å². The summed E-state index contributed by atoms with van der Waals surface area (Å²) in [6.07, 6.45) is 9.69. The van der Waals surface area contributed by atoms with E-state index in [9.17, 15) is 33.6 Å². The van der Waals surface area contributed by atoms with Crippen LogP contribution in [0.2, 0.25) is 0 Å².